The van der Waals surface area contributed by atoms with Crippen molar-refractivity contribution in [1.29, 1.82) is 0 Å². The Morgan fingerprint density at radius 1 is 1.50 bits per heavy atom. The Labute approximate surface area is 114 Å². The van der Waals surface area contributed by atoms with E-state index in [-0.39, 0.29) is 5.91 Å². The van der Waals surface area contributed by atoms with Gasteiger partial charge in [0.25, 0.3) is 5.91 Å². The quantitative estimate of drug-likeness (QED) is 0.927. The van der Waals surface area contributed by atoms with E-state index in [9.17, 15) is 4.79 Å². The van der Waals surface area contributed by atoms with Crippen LogP contribution in [0.1, 0.15) is 35.4 Å². The average Bonchev–Trinajstić information content (AvgIpc) is 2.59. The number of aryl methyl sites for hydroxylation is 1. The SMILES string of the molecule is Cc1nc2ccc(Br)cn2c1C(=O)NC1CCC1. The van der Waals surface area contributed by atoms with Crippen LogP contribution in [-0.2, 0) is 0 Å². The average molecular weight is 308 g/mol. The first-order valence-corrected chi connectivity index (χ1v) is 6.89. The lowest BCUT2D eigenvalue weighted by Crippen LogP contribution is -2.40. The maximum Gasteiger partial charge on any atom is 0.270 e. The molecule has 1 amide bonds. The number of halogens is 1. The molecule has 94 valence electrons. The van der Waals surface area contributed by atoms with Crippen LogP contribution in [0.25, 0.3) is 5.65 Å². The number of carbonyl (C=O) groups is 1. The molecule has 0 unspecified atom stereocenters. The molecule has 3 rings (SSSR count). The third-order valence-electron chi connectivity index (χ3n) is 3.41. The Balaban J connectivity index is 2.01. The summed E-state index contributed by atoms with van der Waals surface area (Å²) in [4.78, 5) is 16.7. The van der Waals surface area contributed by atoms with E-state index in [4.69, 9.17) is 0 Å². The Kier molecular flexibility index (Phi) is 2.86. The molecular weight excluding hydrogens is 294 g/mol. The second-order valence-corrected chi connectivity index (χ2v) is 5.64. The molecule has 0 atom stereocenters. The standard InChI is InChI=1S/C13H14BrN3O/c1-8-12(13(18)16-10-3-2-4-10)17-7-9(14)5-6-11(17)15-8/h5-7,10H,2-4H2,1H3,(H,16,18). The van der Waals surface area contributed by atoms with Crippen LogP contribution < -0.4 is 5.32 Å². The van der Waals surface area contributed by atoms with Crippen molar-refractivity contribution in [2.24, 2.45) is 0 Å². The molecule has 1 aliphatic carbocycles. The van der Waals surface area contributed by atoms with Gasteiger partial charge in [-0.2, -0.15) is 0 Å². The first-order valence-electron chi connectivity index (χ1n) is 6.10. The lowest BCUT2D eigenvalue weighted by atomic mass is 9.93. The van der Waals surface area contributed by atoms with Gasteiger partial charge < -0.3 is 5.32 Å². The normalized spacial score (nSPS) is 15.7. The second kappa shape index (κ2) is 4.39. The predicted molar refractivity (Wildman–Crippen MR) is 72.7 cm³/mol. The number of aromatic nitrogens is 2. The number of nitrogens with zero attached hydrogens (tertiary/aromatic N) is 2. The number of nitrogens with one attached hydrogen (secondary N) is 1. The summed E-state index contributed by atoms with van der Waals surface area (Å²) in [6, 6.07) is 4.17. The van der Waals surface area contributed by atoms with Crippen molar-refractivity contribution in [2.75, 3.05) is 0 Å². The van der Waals surface area contributed by atoms with Crippen molar-refractivity contribution in [2.45, 2.75) is 32.2 Å². The minimum atomic E-state index is -0.0252. The van der Waals surface area contributed by atoms with Gasteiger partial charge in [0.05, 0.1) is 5.69 Å². The molecule has 2 heterocycles. The highest BCUT2D eigenvalue weighted by Gasteiger charge is 2.23. The van der Waals surface area contributed by atoms with E-state index in [1.54, 1.807) is 0 Å². The van der Waals surface area contributed by atoms with Gasteiger partial charge in [-0.25, -0.2) is 4.98 Å². The predicted octanol–water partition coefficient (Wildman–Crippen LogP) is 2.69. The molecule has 0 spiro atoms. The van der Waals surface area contributed by atoms with Gasteiger partial charge in [-0.15, -0.1) is 0 Å². The van der Waals surface area contributed by atoms with Gasteiger partial charge >= 0.3 is 0 Å². The molecule has 2 aromatic heterocycles. The number of hydrogen-bond acceptors (Lipinski definition) is 2. The fraction of sp³-hybridized carbons (Fsp3) is 0.385. The Morgan fingerprint density at radius 2 is 2.28 bits per heavy atom. The van der Waals surface area contributed by atoms with Gasteiger partial charge in [0.1, 0.15) is 11.3 Å². The maximum atomic E-state index is 12.3. The number of imidazole rings is 1. The van der Waals surface area contributed by atoms with Crippen molar-refractivity contribution in [3.63, 3.8) is 0 Å². The molecular formula is C13H14BrN3O. The minimum Gasteiger partial charge on any atom is -0.348 e. The summed E-state index contributed by atoms with van der Waals surface area (Å²) in [5, 5.41) is 3.06. The number of carbonyl (C=O) groups excluding carboxylic acids is 1. The van der Waals surface area contributed by atoms with Crippen LogP contribution in [0.15, 0.2) is 22.8 Å². The topological polar surface area (TPSA) is 46.4 Å². The molecule has 0 aromatic carbocycles. The van der Waals surface area contributed by atoms with E-state index in [0.717, 1.165) is 28.7 Å². The highest BCUT2D eigenvalue weighted by atomic mass is 79.9. The zero-order chi connectivity index (χ0) is 12.7. The molecule has 5 heteroatoms. The Bertz CT molecular complexity index is 616. The first kappa shape index (κ1) is 11.7. The van der Waals surface area contributed by atoms with E-state index in [2.05, 4.69) is 26.2 Å². The zero-order valence-corrected chi connectivity index (χ0v) is 11.7. The monoisotopic (exact) mass is 307 g/mol. The van der Waals surface area contributed by atoms with Crippen molar-refractivity contribution < 1.29 is 4.79 Å². The number of fused-ring (bicyclic) bond motifs is 1. The smallest absolute Gasteiger partial charge is 0.270 e. The number of rotatable bonds is 2. The molecule has 0 saturated heterocycles. The number of amides is 1. The van der Waals surface area contributed by atoms with Crippen molar-refractivity contribution in [3.05, 3.63) is 34.2 Å². The molecule has 0 bridgehead atoms. The summed E-state index contributed by atoms with van der Waals surface area (Å²) in [5.74, 6) is -0.0252. The minimum absolute atomic E-state index is 0.0252. The van der Waals surface area contributed by atoms with Crippen LogP contribution in [0.2, 0.25) is 0 Å². The van der Waals surface area contributed by atoms with Crippen LogP contribution in [0, 0.1) is 6.92 Å². The Hall–Kier alpha value is -1.36. The van der Waals surface area contributed by atoms with Crippen LogP contribution in [0.3, 0.4) is 0 Å². The maximum absolute atomic E-state index is 12.3. The fourth-order valence-corrected chi connectivity index (χ4v) is 2.55. The van der Waals surface area contributed by atoms with Crippen molar-refractivity contribution in [1.82, 2.24) is 14.7 Å². The van der Waals surface area contributed by atoms with Crippen LogP contribution in [0.5, 0.6) is 0 Å². The van der Waals surface area contributed by atoms with Crippen LogP contribution >= 0.6 is 15.9 Å². The van der Waals surface area contributed by atoms with E-state index < -0.39 is 0 Å². The highest BCUT2D eigenvalue weighted by Crippen LogP contribution is 2.20. The van der Waals surface area contributed by atoms with Gasteiger partial charge in [-0.1, -0.05) is 0 Å². The van der Waals surface area contributed by atoms with Gasteiger partial charge in [-0.05, 0) is 54.2 Å². The zero-order valence-electron chi connectivity index (χ0n) is 10.1. The summed E-state index contributed by atoms with van der Waals surface area (Å²) in [6.07, 6.45) is 5.27. The number of pyridine rings is 1. The lowest BCUT2D eigenvalue weighted by molar-refractivity contribution is 0.0910. The van der Waals surface area contributed by atoms with E-state index in [1.807, 2.05) is 29.7 Å². The van der Waals surface area contributed by atoms with Gasteiger partial charge in [0.2, 0.25) is 0 Å². The van der Waals surface area contributed by atoms with Gasteiger partial charge in [0, 0.05) is 16.7 Å². The summed E-state index contributed by atoms with van der Waals surface area (Å²) in [5.41, 5.74) is 2.21. The largest absolute Gasteiger partial charge is 0.348 e. The van der Waals surface area contributed by atoms with Crippen LogP contribution in [0.4, 0.5) is 0 Å². The highest BCUT2D eigenvalue weighted by molar-refractivity contribution is 9.10. The Morgan fingerprint density at radius 3 is 2.94 bits per heavy atom. The number of hydrogen-bond donors (Lipinski definition) is 1. The molecule has 1 fully saturated rings. The summed E-state index contributed by atoms with van der Waals surface area (Å²) < 4.78 is 2.78. The van der Waals surface area contributed by atoms with Gasteiger partial charge in [0.15, 0.2) is 0 Å². The summed E-state index contributed by atoms with van der Waals surface area (Å²) >= 11 is 3.42. The van der Waals surface area contributed by atoms with E-state index in [0.29, 0.717) is 11.7 Å². The first-order chi connectivity index (χ1) is 8.65. The summed E-state index contributed by atoms with van der Waals surface area (Å²) in [6.45, 7) is 1.87. The fourth-order valence-electron chi connectivity index (χ4n) is 2.22. The van der Waals surface area contributed by atoms with E-state index >= 15 is 0 Å². The molecule has 0 aliphatic heterocycles. The third-order valence-corrected chi connectivity index (χ3v) is 3.88. The molecule has 1 N–H and O–H groups in total. The second-order valence-electron chi connectivity index (χ2n) is 4.72. The molecule has 1 aliphatic rings. The van der Waals surface area contributed by atoms with Crippen LogP contribution in [-0.4, -0.2) is 21.3 Å². The molecule has 0 radical (unpaired) electrons. The molecule has 4 nitrogen and oxygen atoms in total. The van der Waals surface area contributed by atoms with Crippen molar-refractivity contribution >= 4 is 27.5 Å². The van der Waals surface area contributed by atoms with E-state index in [1.165, 1.54) is 6.42 Å². The lowest BCUT2D eigenvalue weighted by Gasteiger charge is -2.26. The third kappa shape index (κ3) is 1.92. The van der Waals surface area contributed by atoms with Gasteiger partial charge in [-0.3, -0.25) is 9.20 Å². The molecule has 18 heavy (non-hydrogen) atoms. The molecule has 1 saturated carbocycles. The summed E-state index contributed by atoms with van der Waals surface area (Å²) in [7, 11) is 0. The van der Waals surface area contributed by atoms with Crippen molar-refractivity contribution in [3.8, 4) is 0 Å². The molecule has 2 aromatic rings.